The van der Waals surface area contributed by atoms with E-state index in [0.29, 0.717) is 0 Å². The molecule has 4 heteroatoms. The molecule has 1 amide bonds. The number of rotatable bonds is 0. The van der Waals surface area contributed by atoms with E-state index in [1.54, 1.807) is 11.8 Å². The van der Waals surface area contributed by atoms with Crippen LogP contribution in [0.2, 0.25) is 0 Å². The molecule has 0 aliphatic carbocycles. The van der Waals surface area contributed by atoms with E-state index in [2.05, 4.69) is 17.6 Å². The molecule has 16 heavy (non-hydrogen) atoms. The third-order valence-electron chi connectivity index (χ3n) is 2.91. The second kappa shape index (κ2) is 3.56. The highest BCUT2D eigenvalue weighted by molar-refractivity contribution is 8.00. The second-order valence-electron chi connectivity index (χ2n) is 3.97. The van der Waals surface area contributed by atoms with Gasteiger partial charge >= 0.3 is 0 Å². The maximum atomic E-state index is 12.0. The molecule has 0 fully saturated rings. The van der Waals surface area contributed by atoms with E-state index in [1.807, 2.05) is 24.3 Å². The predicted octanol–water partition coefficient (Wildman–Crippen LogP) is 2.44. The van der Waals surface area contributed by atoms with E-state index in [4.69, 9.17) is 0 Å². The molecule has 2 aliphatic rings. The molecule has 2 heterocycles. The number of nitrogens with one attached hydrogen (secondary N) is 2. The average molecular weight is 232 g/mol. The Morgan fingerprint density at radius 2 is 1.94 bits per heavy atom. The Labute approximate surface area is 98.3 Å². The van der Waals surface area contributed by atoms with Crippen molar-refractivity contribution < 1.29 is 4.79 Å². The van der Waals surface area contributed by atoms with Gasteiger partial charge < -0.3 is 10.6 Å². The van der Waals surface area contributed by atoms with Crippen molar-refractivity contribution in [1.82, 2.24) is 0 Å². The van der Waals surface area contributed by atoms with Crippen LogP contribution in [0.5, 0.6) is 0 Å². The van der Waals surface area contributed by atoms with Crippen molar-refractivity contribution in [2.75, 3.05) is 16.4 Å². The smallest absolute Gasteiger partial charge is 0.254 e. The molecule has 1 unspecified atom stereocenters. The summed E-state index contributed by atoms with van der Waals surface area (Å²) in [6.07, 6.45) is 0. The van der Waals surface area contributed by atoms with E-state index in [-0.39, 0.29) is 11.2 Å². The van der Waals surface area contributed by atoms with E-state index in [1.165, 1.54) is 0 Å². The Kier molecular flexibility index (Phi) is 2.17. The van der Waals surface area contributed by atoms with Gasteiger partial charge in [-0.1, -0.05) is 12.1 Å². The van der Waals surface area contributed by atoms with Crippen LogP contribution in [-0.4, -0.2) is 16.9 Å². The molecule has 2 N–H and O–H groups in total. The summed E-state index contributed by atoms with van der Waals surface area (Å²) in [5.74, 6) is 0.920. The highest BCUT2D eigenvalue weighted by Crippen LogP contribution is 2.37. The number of carbonyl (C=O) groups excluding carboxylic acids is 1. The number of thioether (sulfide) groups is 1. The van der Waals surface area contributed by atoms with Crippen LogP contribution >= 0.6 is 11.8 Å². The maximum absolute atomic E-state index is 12.0. The zero-order valence-corrected chi connectivity index (χ0v) is 9.73. The standard InChI is InChI=1S/C12H12N2OS/c1-7-11-10(6-16-7)13-8-4-2-3-5-9(8)14-12(11)15/h2-5,7,13H,6H2,1H3,(H,14,15). The molecule has 2 aliphatic heterocycles. The summed E-state index contributed by atoms with van der Waals surface area (Å²) >= 11 is 1.79. The first-order valence-electron chi connectivity index (χ1n) is 5.28. The molecule has 0 spiro atoms. The fourth-order valence-corrected chi connectivity index (χ4v) is 3.15. The molecule has 0 saturated heterocycles. The first-order valence-corrected chi connectivity index (χ1v) is 6.32. The minimum atomic E-state index is 0.0324. The number of anilines is 2. The molecule has 0 aromatic heterocycles. The van der Waals surface area contributed by atoms with Crippen molar-refractivity contribution in [2.45, 2.75) is 12.2 Å². The van der Waals surface area contributed by atoms with E-state index >= 15 is 0 Å². The fourth-order valence-electron chi connectivity index (χ4n) is 2.09. The van der Waals surface area contributed by atoms with Gasteiger partial charge in [0.15, 0.2) is 0 Å². The lowest BCUT2D eigenvalue weighted by atomic mass is 10.1. The molecule has 3 nitrogen and oxygen atoms in total. The summed E-state index contributed by atoms with van der Waals surface area (Å²) in [5, 5.41) is 6.58. The lowest BCUT2D eigenvalue weighted by Crippen LogP contribution is -2.18. The summed E-state index contributed by atoms with van der Waals surface area (Å²) in [7, 11) is 0. The molecule has 0 radical (unpaired) electrons. The number of amides is 1. The zero-order chi connectivity index (χ0) is 11.1. The van der Waals surface area contributed by atoms with Gasteiger partial charge in [0.05, 0.1) is 16.9 Å². The van der Waals surface area contributed by atoms with Crippen LogP contribution in [0, 0.1) is 0 Å². The molecule has 1 atom stereocenters. The van der Waals surface area contributed by atoms with Crippen LogP contribution in [0.25, 0.3) is 0 Å². The van der Waals surface area contributed by atoms with Crippen LogP contribution in [0.4, 0.5) is 11.4 Å². The van der Waals surface area contributed by atoms with Crippen LogP contribution in [0.3, 0.4) is 0 Å². The lowest BCUT2D eigenvalue weighted by Gasteiger charge is -2.09. The number of carbonyl (C=O) groups is 1. The van der Waals surface area contributed by atoms with Gasteiger partial charge in [-0.3, -0.25) is 4.79 Å². The number of fused-ring (bicyclic) bond motifs is 1. The van der Waals surface area contributed by atoms with Gasteiger partial charge in [-0.25, -0.2) is 0 Å². The molecule has 0 saturated carbocycles. The normalized spacial score (nSPS) is 23.1. The largest absolute Gasteiger partial charge is 0.356 e. The molecule has 0 bridgehead atoms. The third-order valence-corrected chi connectivity index (χ3v) is 4.11. The Balaban J connectivity index is 2.08. The third kappa shape index (κ3) is 1.41. The Morgan fingerprint density at radius 3 is 2.69 bits per heavy atom. The van der Waals surface area contributed by atoms with Gasteiger partial charge in [0.1, 0.15) is 0 Å². The van der Waals surface area contributed by atoms with Crippen LogP contribution < -0.4 is 10.6 Å². The van der Waals surface area contributed by atoms with Gasteiger partial charge in [0, 0.05) is 16.7 Å². The minimum absolute atomic E-state index is 0.0324. The first kappa shape index (κ1) is 9.78. The minimum Gasteiger partial charge on any atom is -0.356 e. The van der Waals surface area contributed by atoms with Crippen LogP contribution in [0.1, 0.15) is 6.92 Å². The summed E-state index contributed by atoms with van der Waals surface area (Å²) < 4.78 is 0. The predicted molar refractivity (Wildman–Crippen MR) is 67.6 cm³/mol. The SMILES string of the molecule is CC1SCC2=C1C(=O)Nc1ccccc1N2. The van der Waals surface area contributed by atoms with Gasteiger partial charge in [-0.2, -0.15) is 0 Å². The van der Waals surface area contributed by atoms with Crippen molar-refractivity contribution in [3.63, 3.8) is 0 Å². The molecule has 82 valence electrons. The van der Waals surface area contributed by atoms with Crippen LogP contribution in [-0.2, 0) is 4.79 Å². The summed E-state index contributed by atoms with van der Waals surface area (Å²) in [4.78, 5) is 12.0. The van der Waals surface area contributed by atoms with Gasteiger partial charge in [-0.05, 0) is 19.1 Å². The highest BCUT2D eigenvalue weighted by atomic mass is 32.2. The summed E-state index contributed by atoms with van der Waals surface area (Å²) in [5.41, 5.74) is 3.79. The van der Waals surface area contributed by atoms with E-state index < -0.39 is 0 Å². The Hall–Kier alpha value is -1.42. The first-order chi connectivity index (χ1) is 7.75. The zero-order valence-electron chi connectivity index (χ0n) is 8.91. The van der Waals surface area contributed by atoms with E-state index in [0.717, 1.165) is 28.4 Å². The quantitative estimate of drug-likeness (QED) is 0.722. The van der Waals surface area contributed by atoms with Crippen molar-refractivity contribution in [2.24, 2.45) is 0 Å². The highest BCUT2D eigenvalue weighted by Gasteiger charge is 2.30. The average Bonchev–Trinajstić information content (AvgIpc) is 2.56. The fraction of sp³-hybridized carbons (Fsp3) is 0.250. The number of benzene rings is 1. The van der Waals surface area contributed by atoms with Crippen molar-refractivity contribution in [1.29, 1.82) is 0 Å². The summed E-state index contributed by atoms with van der Waals surface area (Å²) in [6, 6.07) is 7.80. The van der Waals surface area contributed by atoms with E-state index in [9.17, 15) is 4.79 Å². The molecular formula is C12H12N2OS. The van der Waals surface area contributed by atoms with Gasteiger partial charge in [-0.15, -0.1) is 11.8 Å². The number of hydrogen-bond donors (Lipinski definition) is 2. The van der Waals surface area contributed by atoms with Crippen molar-refractivity contribution >= 4 is 29.0 Å². The monoisotopic (exact) mass is 232 g/mol. The van der Waals surface area contributed by atoms with Gasteiger partial charge in [0.25, 0.3) is 5.91 Å². The number of hydrogen-bond acceptors (Lipinski definition) is 3. The summed E-state index contributed by atoms with van der Waals surface area (Å²) in [6.45, 7) is 2.07. The van der Waals surface area contributed by atoms with Gasteiger partial charge in [0.2, 0.25) is 0 Å². The Morgan fingerprint density at radius 1 is 1.25 bits per heavy atom. The van der Waals surface area contributed by atoms with Crippen LogP contribution in [0.15, 0.2) is 35.5 Å². The van der Waals surface area contributed by atoms with Crippen molar-refractivity contribution in [3.05, 3.63) is 35.5 Å². The molecule has 1 aromatic rings. The Bertz CT molecular complexity index is 496. The topological polar surface area (TPSA) is 41.1 Å². The number of para-hydroxylation sites is 2. The second-order valence-corrected chi connectivity index (χ2v) is 5.30. The molecular weight excluding hydrogens is 220 g/mol. The van der Waals surface area contributed by atoms with Crippen molar-refractivity contribution in [3.8, 4) is 0 Å². The maximum Gasteiger partial charge on any atom is 0.254 e. The molecule has 1 aromatic carbocycles. The lowest BCUT2D eigenvalue weighted by molar-refractivity contribution is -0.112. The molecule has 3 rings (SSSR count).